The zero-order valence-corrected chi connectivity index (χ0v) is 16.8. The Morgan fingerprint density at radius 1 is 1.06 bits per heavy atom. The fraction of sp³-hybridized carbons (Fsp3) is 0.150. The molecule has 1 heterocycles. The number of carbonyl (C=O) groups is 2. The van der Waals surface area contributed by atoms with Crippen LogP contribution in [0.1, 0.15) is 23.0 Å². The lowest BCUT2D eigenvalue weighted by atomic mass is 10.2. The highest BCUT2D eigenvalue weighted by molar-refractivity contribution is 7.14. The molecule has 2 amide bonds. The van der Waals surface area contributed by atoms with Crippen LogP contribution in [0.2, 0.25) is 0 Å². The van der Waals surface area contributed by atoms with Crippen LogP contribution in [0, 0.1) is 5.82 Å². The van der Waals surface area contributed by atoms with Crippen molar-refractivity contribution in [3.05, 3.63) is 71.0 Å². The SMILES string of the molecule is CC(NC(=O)c1csc(Nc2cccc(C(F)(F)F)c2)n1)C(=O)Nc1ccc(F)cc1. The summed E-state index contributed by atoms with van der Waals surface area (Å²) in [6, 6.07) is 8.81. The normalized spacial score (nSPS) is 12.2. The summed E-state index contributed by atoms with van der Waals surface area (Å²) in [6.45, 7) is 1.46. The molecule has 0 saturated carbocycles. The van der Waals surface area contributed by atoms with Gasteiger partial charge in [0.2, 0.25) is 5.91 Å². The lowest BCUT2D eigenvalue weighted by molar-refractivity contribution is -0.137. The minimum Gasteiger partial charge on any atom is -0.339 e. The van der Waals surface area contributed by atoms with E-state index in [2.05, 4.69) is 20.9 Å². The summed E-state index contributed by atoms with van der Waals surface area (Å²) in [5.41, 5.74) is -0.272. The number of nitrogens with one attached hydrogen (secondary N) is 3. The summed E-state index contributed by atoms with van der Waals surface area (Å²) >= 11 is 1.03. The number of carbonyl (C=O) groups excluding carboxylic acids is 2. The second kappa shape index (κ2) is 9.13. The van der Waals surface area contributed by atoms with E-state index in [1.54, 1.807) is 0 Å². The second-order valence-electron chi connectivity index (χ2n) is 6.43. The lowest BCUT2D eigenvalue weighted by Gasteiger charge is -2.13. The van der Waals surface area contributed by atoms with Gasteiger partial charge in [0, 0.05) is 16.8 Å². The van der Waals surface area contributed by atoms with Gasteiger partial charge in [0.05, 0.1) is 5.56 Å². The number of halogens is 4. The van der Waals surface area contributed by atoms with Crippen molar-refractivity contribution in [2.24, 2.45) is 0 Å². The van der Waals surface area contributed by atoms with E-state index in [0.29, 0.717) is 5.69 Å². The smallest absolute Gasteiger partial charge is 0.339 e. The molecule has 0 saturated heterocycles. The van der Waals surface area contributed by atoms with E-state index < -0.39 is 35.4 Å². The predicted molar refractivity (Wildman–Crippen MR) is 109 cm³/mol. The van der Waals surface area contributed by atoms with Crippen molar-refractivity contribution in [3.8, 4) is 0 Å². The topological polar surface area (TPSA) is 83.1 Å². The largest absolute Gasteiger partial charge is 0.416 e. The van der Waals surface area contributed by atoms with Gasteiger partial charge in [0.15, 0.2) is 5.13 Å². The molecule has 1 atom stereocenters. The molecule has 3 rings (SSSR count). The first kappa shape index (κ1) is 22.2. The summed E-state index contributed by atoms with van der Waals surface area (Å²) < 4.78 is 51.4. The lowest BCUT2D eigenvalue weighted by Crippen LogP contribution is -2.41. The third-order valence-electron chi connectivity index (χ3n) is 4.03. The number of benzene rings is 2. The van der Waals surface area contributed by atoms with Crippen molar-refractivity contribution < 1.29 is 27.2 Å². The molecule has 6 nitrogen and oxygen atoms in total. The summed E-state index contributed by atoms with van der Waals surface area (Å²) in [6.07, 6.45) is -4.48. The number of hydrogen-bond donors (Lipinski definition) is 3. The van der Waals surface area contributed by atoms with Crippen LogP contribution in [0.25, 0.3) is 0 Å². The van der Waals surface area contributed by atoms with E-state index in [4.69, 9.17) is 0 Å². The Balaban J connectivity index is 1.59. The Bertz CT molecular complexity index is 1080. The van der Waals surface area contributed by atoms with Gasteiger partial charge in [-0.2, -0.15) is 13.2 Å². The molecule has 0 fully saturated rings. The van der Waals surface area contributed by atoms with Crippen LogP contribution in [0.4, 0.5) is 34.1 Å². The number of nitrogens with zero attached hydrogens (tertiary/aromatic N) is 1. The van der Waals surface area contributed by atoms with Crippen LogP contribution < -0.4 is 16.0 Å². The number of thiazole rings is 1. The van der Waals surface area contributed by atoms with Gasteiger partial charge in [-0.25, -0.2) is 9.37 Å². The number of rotatable bonds is 6. The Labute approximate surface area is 178 Å². The zero-order chi connectivity index (χ0) is 22.6. The van der Waals surface area contributed by atoms with Crippen LogP contribution in [-0.4, -0.2) is 22.8 Å². The molecule has 0 radical (unpaired) electrons. The number of aromatic nitrogens is 1. The maximum Gasteiger partial charge on any atom is 0.416 e. The molecule has 0 bridgehead atoms. The van der Waals surface area contributed by atoms with E-state index in [9.17, 15) is 27.2 Å². The minimum atomic E-state index is -4.48. The van der Waals surface area contributed by atoms with Crippen LogP contribution in [0.3, 0.4) is 0 Å². The van der Waals surface area contributed by atoms with Crippen molar-refractivity contribution in [2.45, 2.75) is 19.1 Å². The molecule has 2 aromatic carbocycles. The monoisotopic (exact) mass is 452 g/mol. The Hall–Kier alpha value is -3.47. The van der Waals surface area contributed by atoms with Crippen molar-refractivity contribution >= 4 is 39.7 Å². The van der Waals surface area contributed by atoms with Gasteiger partial charge in [0.25, 0.3) is 5.91 Å². The quantitative estimate of drug-likeness (QED) is 0.469. The van der Waals surface area contributed by atoms with E-state index >= 15 is 0 Å². The van der Waals surface area contributed by atoms with Crippen LogP contribution >= 0.6 is 11.3 Å². The maximum atomic E-state index is 12.9. The van der Waals surface area contributed by atoms with Crippen LogP contribution in [-0.2, 0) is 11.0 Å². The summed E-state index contributed by atoms with van der Waals surface area (Å²) in [5.74, 6) is -1.59. The first-order valence-electron chi connectivity index (χ1n) is 8.89. The van der Waals surface area contributed by atoms with Gasteiger partial charge in [-0.1, -0.05) is 6.07 Å². The highest BCUT2D eigenvalue weighted by atomic mass is 32.1. The molecule has 0 spiro atoms. The molecule has 3 aromatic rings. The maximum absolute atomic E-state index is 12.9. The number of hydrogen-bond acceptors (Lipinski definition) is 5. The van der Waals surface area contributed by atoms with Crippen LogP contribution in [0.5, 0.6) is 0 Å². The van der Waals surface area contributed by atoms with E-state index in [1.165, 1.54) is 48.7 Å². The minimum absolute atomic E-state index is 0.000841. The van der Waals surface area contributed by atoms with Gasteiger partial charge >= 0.3 is 6.18 Å². The van der Waals surface area contributed by atoms with Gasteiger partial charge in [-0.3, -0.25) is 9.59 Å². The summed E-state index contributed by atoms with van der Waals surface area (Å²) in [4.78, 5) is 28.6. The fourth-order valence-corrected chi connectivity index (χ4v) is 3.16. The summed E-state index contributed by atoms with van der Waals surface area (Å²) in [5, 5.41) is 9.37. The molecule has 1 unspecified atom stereocenters. The van der Waals surface area contributed by atoms with Crippen molar-refractivity contribution in [1.82, 2.24) is 10.3 Å². The number of anilines is 3. The predicted octanol–water partition coefficient (Wildman–Crippen LogP) is 4.80. The summed E-state index contributed by atoms with van der Waals surface area (Å²) in [7, 11) is 0. The molecule has 0 aliphatic heterocycles. The van der Waals surface area contributed by atoms with Gasteiger partial charge in [-0.15, -0.1) is 11.3 Å². The second-order valence-corrected chi connectivity index (χ2v) is 7.29. The zero-order valence-electron chi connectivity index (χ0n) is 16.0. The number of alkyl halides is 3. The van der Waals surface area contributed by atoms with Gasteiger partial charge in [-0.05, 0) is 49.4 Å². The van der Waals surface area contributed by atoms with Crippen molar-refractivity contribution in [2.75, 3.05) is 10.6 Å². The van der Waals surface area contributed by atoms with E-state index in [-0.39, 0.29) is 16.5 Å². The van der Waals surface area contributed by atoms with Gasteiger partial charge in [0.1, 0.15) is 17.6 Å². The highest BCUT2D eigenvalue weighted by Crippen LogP contribution is 2.31. The molecule has 0 aliphatic rings. The number of amides is 2. The molecule has 31 heavy (non-hydrogen) atoms. The molecule has 0 aliphatic carbocycles. The Kier molecular flexibility index (Phi) is 6.54. The third-order valence-corrected chi connectivity index (χ3v) is 4.79. The van der Waals surface area contributed by atoms with Crippen LogP contribution in [0.15, 0.2) is 53.9 Å². The van der Waals surface area contributed by atoms with Crippen molar-refractivity contribution in [1.29, 1.82) is 0 Å². The molecular weight excluding hydrogens is 436 g/mol. The average molecular weight is 452 g/mol. The Morgan fingerprint density at radius 3 is 2.45 bits per heavy atom. The molecule has 1 aromatic heterocycles. The highest BCUT2D eigenvalue weighted by Gasteiger charge is 2.30. The van der Waals surface area contributed by atoms with E-state index in [1.807, 2.05) is 0 Å². The van der Waals surface area contributed by atoms with Crippen molar-refractivity contribution in [3.63, 3.8) is 0 Å². The molecule has 11 heteroatoms. The first-order chi connectivity index (χ1) is 14.6. The first-order valence-corrected chi connectivity index (χ1v) is 9.77. The standard InChI is InChI=1S/C20H16F4N4O2S/c1-11(17(29)26-14-7-5-13(21)6-8-14)25-18(30)16-10-31-19(28-16)27-15-4-2-3-12(9-15)20(22,23)24/h2-11H,1H3,(H,25,30)(H,26,29)(H,27,28). The molecular formula is C20H16F4N4O2S. The third kappa shape index (κ3) is 6.01. The van der Waals surface area contributed by atoms with Gasteiger partial charge < -0.3 is 16.0 Å². The Morgan fingerprint density at radius 2 is 1.77 bits per heavy atom. The molecule has 162 valence electrons. The van der Waals surface area contributed by atoms with E-state index in [0.717, 1.165) is 23.5 Å². The molecule has 3 N–H and O–H groups in total. The average Bonchev–Trinajstić information content (AvgIpc) is 3.18. The fourth-order valence-electron chi connectivity index (χ4n) is 2.45.